The van der Waals surface area contributed by atoms with E-state index in [1.165, 1.54) is 0 Å². The van der Waals surface area contributed by atoms with Gasteiger partial charge in [0.25, 0.3) is 0 Å². The van der Waals surface area contributed by atoms with Gasteiger partial charge in [0.15, 0.2) is 0 Å². The summed E-state index contributed by atoms with van der Waals surface area (Å²) < 4.78 is 10.3. The average molecular weight is 191 g/mol. The summed E-state index contributed by atoms with van der Waals surface area (Å²) in [4.78, 5) is 0. The highest BCUT2D eigenvalue weighted by atomic mass is 16.3. The Morgan fingerprint density at radius 3 is 2.86 bits per heavy atom. The van der Waals surface area contributed by atoms with E-state index in [1.807, 2.05) is 25.2 Å². The van der Waals surface area contributed by atoms with Crippen LogP contribution in [0.4, 0.5) is 0 Å². The molecule has 0 aliphatic carbocycles. The van der Waals surface area contributed by atoms with Crippen LogP contribution in [-0.2, 0) is 6.42 Å². The van der Waals surface area contributed by atoms with Crippen molar-refractivity contribution < 1.29 is 8.83 Å². The molecule has 0 aliphatic rings. The lowest BCUT2D eigenvalue weighted by atomic mass is 10.1. The van der Waals surface area contributed by atoms with Crippen LogP contribution in [0.3, 0.4) is 0 Å². The van der Waals surface area contributed by atoms with Crippen molar-refractivity contribution in [3.63, 3.8) is 0 Å². The van der Waals surface area contributed by atoms with Crippen molar-refractivity contribution in [1.82, 2.24) is 5.32 Å². The van der Waals surface area contributed by atoms with Crippen LogP contribution < -0.4 is 5.32 Å². The van der Waals surface area contributed by atoms with Crippen LogP contribution in [0.1, 0.15) is 17.4 Å². The van der Waals surface area contributed by atoms with Gasteiger partial charge in [0, 0.05) is 18.0 Å². The molecule has 0 amide bonds. The largest absolute Gasteiger partial charge is 0.472 e. The molecule has 1 unspecified atom stereocenters. The zero-order valence-electron chi connectivity index (χ0n) is 8.07. The first-order valence-electron chi connectivity index (χ1n) is 4.62. The molecule has 14 heavy (non-hydrogen) atoms. The topological polar surface area (TPSA) is 38.3 Å². The van der Waals surface area contributed by atoms with E-state index in [9.17, 15) is 0 Å². The summed E-state index contributed by atoms with van der Waals surface area (Å²) >= 11 is 0. The van der Waals surface area contributed by atoms with Gasteiger partial charge >= 0.3 is 0 Å². The molecule has 0 saturated heterocycles. The third-order valence-corrected chi connectivity index (χ3v) is 2.28. The minimum atomic E-state index is 0.250. The van der Waals surface area contributed by atoms with Gasteiger partial charge in [-0.05, 0) is 25.2 Å². The summed E-state index contributed by atoms with van der Waals surface area (Å²) in [6, 6.07) is 6.09. The smallest absolute Gasteiger partial charge is 0.105 e. The fourth-order valence-electron chi connectivity index (χ4n) is 1.49. The summed E-state index contributed by atoms with van der Waals surface area (Å²) in [7, 11) is 1.93. The summed E-state index contributed by atoms with van der Waals surface area (Å²) in [5.74, 6) is 0.977. The zero-order chi connectivity index (χ0) is 9.80. The standard InChI is InChI=1S/C11H13NO2/c1-12-11(9-4-6-13-8-9)7-10-3-2-5-14-10/h2-6,8,11-12H,7H2,1H3. The maximum absolute atomic E-state index is 5.29. The lowest BCUT2D eigenvalue weighted by molar-refractivity contribution is 0.462. The number of rotatable bonds is 4. The molecule has 0 aromatic carbocycles. The predicted octanol–water partition coefficient (Wildman–Crippen LogP) is 2.38. The van der Waals surface area contributed by atoms with Gasteiger partial charge in [-0.2, -0.15) is 0 Å². The van der Waals surface area contributed by atoms with Crippen LogP contribution in [0.15, 0.2) is 45.8 Å². The van der Waals surface area contributed by atoms with Gasteiger partial charge < -0.3 is 14.2 Å². The van der Waals surface area contributed by atoms with Gasteiger partial charge in [-0.15, -0.1) is 0 Å². The molecule has 1 N–H and O–H groups in total. The van der Waals surface area contributed by atoms with E-state index < -0.39 is 0 Å². The summed E-state index contributed by atoms with van der Waals surface area (Å²) in [6.45, 7) is 0. The molecule has 0 spiro atoms. The van der Waals surface area contributed by atoms with Crippen molar-refractivity contribution in [3.8, 4) is 0 Å². The van der Waals surface area contributed by atoms with Crippen LogP contribution in [0.5, 0.6) is 0 Å². The van der Waals surface area contributed by atoms with Crippen LogP contribution in [0.25, 0.3) is 0 Å². The van der Waals surface area contributed by atoms with Gasteiger partial charge in [0.2, 0.25) is 0 Å². The molecule has 2 rings (SSSR count). The molecule has 0 saturated carbocycles. The van der Waals surface area contributed by atoms with Crippen LogP contribution in [0.2, 0.25) is 0 Å². The molecule has 3 nitrogen and oxygen atoms in total. The highest BCUT2D eigenvalue weighted by Gasteiger charge is 2.12. The van der Waals surface area contributed by atoms with Crippen molar-refractivity contribution in [2.75, 3.05) is 7.05 Å². The average Bonchev–Trinajstić information content (AvgIpc) is 2.86. The Labute approximate surface area is 82.7 Å². The maximum atomic E-state index is 5.29. The summed E-state index contributed by atoms with van der Waals surface area (Å²) in [5, 5.41) is 3.22. The first kappa shape index (κ1) is 9.09. The minimum absolute atomic E-state index is 0.250. The zero-order valence-corrected chi connectivity index (χ0v) is 8.07. The van der Waals surface area contributed by atoms with Crippen LogP contribution in [-0.4, -0.2) is 7.05 Å². The van der Waals surface area contributed by atoms with E-state index >= 15 is 0 Å². The number of nitrogens with one attached hydrogen (secondary N) is 1. The van der Waals surface area contributed by atoms with E-state index in [1.54, 1.807) is 18.8 Å². The Balaban J connectivity index is 2.08. The monoisotopic (exact) mass is 191 g/mol. The van der Waals surface area contributed by atoms with Crippen molar-refractivity contribution >= 4 is 0 Å². The first-order chi connectivity index (χ1) is 6.90. The van der Waals surface area contributed by atoms with Gasteiger partial charge in [-0.3, -0.25) is 0 Å². The normalized spacial score (nSPS) is 12.9. The second-order valence-corrected chi connectivity index (χ2v) is 3.18. The molecule has 0 bridgehead atoms. The summed E-state index contributed by atoms with van der Waals surface area (Å²) in [5.41, 5.74) is 1.14. The fraction of sp³-hybridized carbons (Fsp3) is 0.273. The minimum Gasteiger partial charge on any atom is -0.472 e. The Morgan fingerprint density at radius 2 is 2.29 bits per heavy atom. The second-order valence-electron chi connectivity index (χ2n) is 3.18. The van der Waals surface area contributed by atoms with Crippen molar-refractivity contribution in [3.05, 3.63) is 48.3 Å². The quantitative estimate of drug-likeness (QED) is 0.806. The van der Waals surface area contributed by atoms with Crippen molar-refractivity contribution in [2.24, 2.45) is 0 Å². The van der Waals surface area contributed by atoms with E-state index in [2.05, 4.69) is 5.32 Å². The highest BCUT2D eigenvalue weighted by molar-refractivity contribution is 5.14. The number of hydrogen-bond acceptors (Lipinski definition) is 3. The van der Waals surface area contributed by atoms with Crippen molar-refractivity contribution in [2.45, 2.75) is 12.5 Å². The molecule has 0 radical (unpaired) electrons. The SMILES string of the molecule is CNC(Cc1ccco1)c1ccoc1. The van der Waals surface area contributed by atoms with Gasteiger partial charge in [0.1, 0.15) is 5.76 Å². The number of furan rings is 2. The first-order valence-corrected chi connectivity index (χ1v) is 4.62. The van der Waals surface area contributed by atoms with Crippen LogP contribution in [0, 0.1) is 0 Å². The molecular weight excluding hydrogens is 178 g/mol. The van der Waals surface area contributed by atoms with Gasteiger partial charge in [-0.1, -0.05) is 0 Å². The third-order valence-electron chi connectivity index (χ3n) is 2.28. The van der Waals surface area contributed by atoms with Gasteiger partial charge in [0.05, 0.1) is 18.8 Å². The van der Waals surface area contributed by atoms with Crippen LogP contribution >= 0.6 is 0 Å². The molecule has 0 fully saturated rings. The van der Waals surface area contributed by atoms with E-state index in [-0.39, 0.29) is 6.04 Å². The molecule has 1 atom stereocenters. The number of hydrogen-bond donors (Lipinski definition) is 1. The lowest BCUT2D eigenvalue weighted by Gasteiger charge is -2.11. The molecule has 2 aromatic heterocycles. The highest BCUT2D eigenvalue weighted by Crippen LogP contribution is 2.18. The number of likely N-dealkylation sites (N-methyl/N-ethyl adjacent to an activating group) is 1. The molecule has 0 aliphatic heterocycles. The van der Waals surface area contributed by atoms with Gasteiger partial charge in [-0.25, -0.2) is 0 Å². The van der Waals surface area contributed by atoms with E-state index in [0.29, 0.717) is 0 Å². The third kappa shape index (κ3) is 1.88. The predicted molar refractivity (Wildman–Crippen MR) is 52.9 cm³/mol. The summed E-state index contributed by atoms with van der Waals surface area (Å²) in [6.07, 6.45) is 5.96. The Hall–Kier alpha value is -1.48. The second kappa shape index (κ2) is 4.15. The molecular formula is C11H13NO2. The maximum Gasteiger partial charge on any atom is 0.105 e. The molecule has 74 valence electrons. The fourth-order valence-corrected chi connectivity index (χ4v) is 1.49. The molecule has 3 heteroatoms. The van der Waals surface area contributed by atoms with E-state index in [4.69, 9.17) is 8.83 Å². The lowest BCUT2D eigenvalue weighted by Crippen LogP contribution is -2.17. The Bertz CT molecular complexity index is 351. The molecule has 2 heterocycles. The molecule has 2 aromatic rings. The van der Waals surface area contributed by atoms with E-state index in [0.717, 1.165) is 17.7 Å². The Morgan fingerprint density at radius 1 is 1.36 bits per heavy atom. The Kier molecular flexibility index (Phi) is 2.70. The van der Waals surface area contributed by atoms with Crippen molar-refractivity contribution in [1.29, 1.82) is 0 Å².